The molecule has 0 aliphatic carbocycles. The largest absolute Gasteiger partial charge is 0.367 e. The molecule has 2 heteroatoms. The van der Waals surface area contributed by atoms with Gasteiger partial charge in [-0.05, 0) is 36.8 Å². The average Bonchev–Trinajstić information content (AvgIpc) is 2.28. The predicted molar refractivity (Wildman–Crippen MR) is 77.3 cm³/mol. The minimum atomic E-state index is -0.455. The third-order valence-electron chi connectivity index (χ3n) is 2.88. The van der Waals surface area contributed by atoms with Gasteiger partial charge in [0.1, 0.15) is 5.54 Å². The minimum absolute atomic E-state index is 0.455. The van der Waals surface area contributed by atoms with Crippen molar-refractivity contribution in [2.45, 2.75) is 46.1 Å². The molecule has 0 aromatic heterocycles. The fraction of sp³-hybridized carbons (Fsp3) is 0.562. The highest BCUT2D eigenvalue weighted by atomic mass is 15.0. The third-order valence-corrected chi connectivity index (χ3v) is 2.88. The van der Waals surface area contributed by atoms with Gasteiger partial charge in [0.2, 0.25) is 0 Å². The number of para-hydroxylation sites is 1. The summed E-state index contributed by atoms with van der Waals surface area (Å²) in [5, 5.41) is 13.1. The second kappa shape index (κ2) is 6.44. The monoisotopic (exact) mass is 244 g/mol. The zero-order valence-corrected chi connectivity index (χ0v) is 11.9. The van der Waals surface area contributed by atoms with Crippen LogP contribution in [0.5, 0.6) is 0 Å². The molecule has 1 N–H and O–H groups in total. The highest BCUT2D eigenvalue weighted by Crippen LogP contribution is 2.28. The number of benzene rings is 1. The number of hydrogen-bond acceptors (Lipinski definition) is 2. The molecule has 0 saturated heterocycles. The summed E-state index contributed by atoms with van der Waals surface area (Å²) in [7, 11) is 0. The van der Waals surface area contributed by atoms with E-state index >= 15 is 0 Å². The summed E-state index contributed by atoms with van der Waals surface area (Å²) in [6, 6.07) is 12.5. The van der Waals surface area contributed by atoms with Crippen LogP contribution in [0.2, 0.25) is 0 Å². The Hall–Kier alpha value is -1.49. The molecule has 98 valence electrons. The van der Waals surface area contributed by atoms with Gasteiger partial charge in [-0.25, -0.2) is 0 Å². The average molecular weight is 244 g/mol. The van der Waals surface area contributed by atoms with Gasteiger partial charge in [0.15, 0.2) is 0 Å². The van der Waals surface area contributed by atoms with Crippen LogP contribution in [0.4, 0.5) is 5.69 Å². The van der Waals surface area contributed by atoms with Crippen LogP contribution in [-0.2, 0) is 0 Å². The molecule has 1 rings (SSSR count). The number of nitrogens with zero attached hydrogens (tertiary/aromatic N) is 1. The fourth-order valence-electron chi connectivity index (χ4n) is 2.50. The molecule has 0 spiro atoms. The summed E-state index contributed by atoms with van der Waals surface area (Å²) in [5.74, 6) is 0.999. The Labute approximate surface area is 111 Å². The van der Waals surface area contributed by atoms with Gasteiger partial charge >= 0.3 is 0 Å². The zero-order valence-electron chi connectivity index (χ0n) is 11.9. The van der Waals surface area contributed by atoms with E-state index in [9.17, 15) is 5.26 Å². The van der Waals surface area contributed by atoms with Crippen molar-refractivity contribution >= 4 is 5.69 Å². The molecule has 0 heterocycles. The first-order valence-corrected chi connectivity index (χ1v) is 6.72. The fourth-order valence-corrected chi connectivity index (χ4v) is 2.50. The van der Waals surface area contributed by atoms with E-state index in [4.69, 9.17) is 0 Å². The molecule has 0 aliphatic heterocycles. The number of nitriles is 1. The van der Waals surface area contributed by atoms with E-state index in [1.165, 1.54) is 0 Å². The quantitative estimate of drug-likeness (QED) is 0.802. The van der Waals surface area contributed by atoms with E-state index in [0.717, 1.165) is 18.5 Å². The SMILES string of the molecule is CC(C)CC(C#N)(CC(C)C)Nc1ccccc1. The first kappa shape index (κ1) is 14.6. The molecule has 0 fully saturated rings. The predicted octanol–water partition coefficient (Wildman–Crippen LogP) is 4.45. The van der Waals surface area contributed by atoms with E-state index < -0.39 is 5.54 Å². The molecule has 18 heavy (non-hydrogen) atoms. The molecule has 0 radical (unpaired) electrons. The van der Waals surface area contributed by atoms with E-state index in [0.29, 0.717) is 11.8 Å². The lowest BCUT2D eigenvalue weighted by Gasteiger charge is -2.32. The minimum Gasteiger partial charge on any atom is -0.367 e. The highest BCUT2D eigenvalue weighted by molar-refractivity contribution is 5.47. The van der Waals surface area contributed by atoms with Gasteiger partial charge in [-0.15, -0.1) is 0 Å². The smallest absolute Gasteiger partial charge is 0.125 e. The maximum absolute atomic E-state index is 9.62. The molecule has 0 saturated carbocycles. The van der Waals surface area contributed by atoms with E-state index in [1.54, 1.807) is 0 Å². The van der Waals surface area contributed by atoms with Gasteiger partial charge in [0.25, 0.3) is 0 Å². The summed E-state index contributed by atoms with van der Waals surface area (Å²) in [6.45, 7) is 8.66. The lowest BCUT2D eigenvalue weighted by molar-refractivity contribution is 0.376. The zero-order chi connectivity index (χ0) is 13.6. The number of anilines is 1. The summed E-state index contributed by atoms with van der Waals surface area (Å²) >= 11 is 0. The van der Waals surface area contributed by atoms with Crippen molar-refractivity contribution in [3.8, 4) is 6.07 Å². The van der Waals surface area contributed by atoms with Gasteiger partial charge in [0.05, 0.1) is 6.07 Å². The Balaban J connectivity index is 2.92. The normalized spacial score (nSPS) is 11.6. The van der Waals surface area contributed by atoms with Crippen molar-refractivity contribution < 1.29 is 0 Å². The van der Waals surface area contributed by atoms with Crippen molar-refractivity contribution in [3.63, 3.8) is 0 Å². The molecule has 0 unspecified atom stereocenters. The van der Waals surface area contributed by atoms with Crippen molar-refractivity contribution in [2.75, 3.05) is 5.32 Å². The Bertz CT molecular complexity index is 377. The molecule has 1 aromatic carbocycles. The molecular weight excluding hydrogens is 220 g/mol. The van der Waals surface area contributed by atoms with Crippen molar-refractivity contribution in [3.05, 3.63) is 30.3 Å². The highest BCUT2D eigenvalue weighted by Gasteiger charge is 2.31. The van der Waals surface area contributed by atoms with Crippen molar-refractivity contribution in [1.82, 2.24) is 0 Å². The van der Waals surface area contributed by atoms with Gasteiger partial charge in [-0.1, -0.05) is 45.9 Å². The van der Waals surface area contributed by atoms with Gasteiger partial charge < -0.3 is 5.32 Å². The summed E-state index contributed by atoms with van der Waals surface area (Å²) in [4.78, 5) is 0. The van der Waals surface area contributed by atoms with Gasteiger partial charge in [0, 0.05) is 5.69 Å². The second-order valence-corrected chi connectivity index (χ2v) is 5.88. The maximum atomic E-state index is 9.62. The van der Waals surface area contributed by atoms with Gasteiger partial charge in [-0.3, -0.25) is 0 Å². The molecule has 2 nitrogen and oxygen atoms in total. The maximum Gasteiger partial charge on any atom is 0.125 e. The molecule has 0 atom stereocenters. The van der Waals surface area contributed by atoms with Crippen LogP contribution < -0.4 is 5.32 Å². The van der Waals surface area contributed by atoms with Crippen LogP contribution in [0.25, 0.3) is 0 Å². The summed E-state index contributed by atoms with van der Waals surface area (Å²) in [5.41, 5.74) is 0.573. The Morgan fingerprint density at radius 3 is 1.94 bits per heavy atom. The molecule has 0 amide bonds. The Morgan fingerprint density at radius 2 is 1.56 bits per heavy atom. The van der Waals surface area contributed by atoms with Crippen LogP contribution in [0.1, 0.15) is 40.5 Å². The Morgan fingerprint density at radius 1 is 1.06 bits per heavy atom. The molecular formula is C16H24N2. The van der Waals surface area contributed by atoms with Crippen LogP contribution in [0.15, 0.2) is 30.3 Å². The summed E-state index contributed by atoms with van der Waals surface area (Å²) < 4.78 is 0. The first-order chi connectivity index (χ1) is 8.47. The van der Waals surface area contributed by atoms with E-state index in [1.807, 2.05) is 30.3 Å². The standard InChI is InChI=1S/C16H24N2/c1-13(2)10-16(12-17,11-14(3)4)18-15-8-6-5-7-9-15/h5-9,13-14,18H,10-11H2,1-4H3. The topological polar surface area (TPSA) is 35.8 Å². The third kappa shape index (κ3) is 4.41. The van der Waals surface area contributed by atoms with E-state index in [2.05, 4.69) is 39.1 Å². The number of rotatable bonds is 6. The molecule has 0 aliphatic rings. The number of nitrogens with one attached hydrogen (secondary N) is 1. The number of hydrogen-bond donors (Lipinski definition) is 1. The van der Waals surface area contributed by atoms with Crippen molar-refractivity contribution in [1.29, 1.82) is 5.26 Å². The van der Waals surface area contributed by atoms with Gasteiger partial charge in [-0.2, -0.15) is 5.26 Å². The Kier molecular flexibility index (Phi) is 5.22. The van der Waals surface area contributed by atoms with Crippen LogP contribution in [0, 0.1) is 23.2 Å². The lowest BCUT2D eigenvalue weighted by atomic mass is 9.82. The first-order valence-electron chi connectivity index (χ1n) is 6.72. The van der Waals surface area contributed by atoms with E-state index in [-0.39, 0.29) is 0 Å². The molecule has 0 bridgehead atoms. The lowest BCUT2D eigenvalue weighted by Crippen LogP contribution is -2.39. The van der Waals surface area contributed by atoms with Crippen molar-refractivity contribution in [2.24, 2.45) is 11.8 Å². The van der Waals surface area contributed by atoms with Crippen LogP contribution >= 0.6 is 0 Å². The van der Waals surface area contributed by atoms with Crippen LogP contribution in [-0.4, -0.2) is 5.54 Å². The van der Waals surface area contributed by atoms with Crippen LogP contribution in [0.3, 0.4) is 0 Å². The molecule has 1 aromatic rings. The second-order valence-electron chi connectivity index (χ2n) is 5.88. The summed E-state index contributed by atoms with van der Waals surface area (Å²) in [6.07, 6.45) is 1.74.